The van der Waals surface area contributed by atoms with E-state index in [9.17, 15) is 4.79 Å². The standard InChI is InChI=1S/C24H30O5S/c1-5-23(2,3)22(25)27-16-17-30-21-12-8-19(9-13-21)24(28-14-15-29-24)18-6-10-20(26-4)11-7-18/h6-13H,5,14-17H2,1-4H3. The van der Waals surface area contributed by atoms with Crippen LogP contribution < -0.4 is 4.74 Å². The Morgan fingerprint density at radius 1 is 1.03 bits per heavy atom. The summed E-state index contributed by atoms with van der Waals surface area (Å²) in [5.74, 6) is 0.470. The van der Waals surface area contributed by atoms with Crippen LogP contribution in [0.15, 0.2) is 53.4 Å². The molecule has 0 aliphatic carbocycles. The summed E-state index contributed by atoms with van der Waals surface area (Å²) in [5.41, 5.74) is 1.46. The van der Waals surface area contributed by atoms with E-state index in [1.165, 1.54) is 0 Å². The third-order valence-corrected chi connectivity index (χ3v) is 6.40. The Morgan fingerprint density at radius 2 is 1.60 bits per heavy atom. The molecule has 0 atom stereocenters. The topological polar surface area (TPSA) is 54.0 Å². The summed E-state index contributed by atoms with van der Waals surface area (Å²) in [6.07, 6.45) is 0.764. The third kappa shape index (κ3) is 4.99. The molecule has 1 saturated heterocycles. The first kappa shape index (κ1) is 22.7. The first-order valence-electron chi connectivity index (χ1n) is 10.2. The van der Waals surface area contributed by atoms with E-state index >= 15 is 0 Å². The first-order chi connectivity index (χ1) is 14.4. The van der Waals surface area contributed by atoms with Gasteiger partial charge in [-0.1, -0.05) is 19.1 Å². The van der Waals surface area contributed by atoms with E-state index in [1.54, 1.807) is 18.9 Å². The van der Waals surface area contributed by atoms with Gasteiger partial charge in [-0.25, -0.2) is 0 Å². The predicted octanol–water partition coefficient (Wildman–Crippen LogP) is 5.01. The molecule has 0 N–H and O–H groups in total. The molecule has 0 amide bonds. The number of hydrogen-bond acceptors (Lipinski definition) is 6. The van der Waals surface area contributed by atoms with Crippen molar-refractivity contribution in [1.29, 1.82) is 0 Å². The summed E-state index contributed by atoms with van der Waals surface area (Å²) in [4.78, 5) is 13.1. The summed E-state index contributed by atoms with van der Waals surface area (Å²) >= 11 is 1.66. The molecule has 5 nitrogen and oxygen atoms in total. The highest BCUT2D eigenvalue weighted by molar-refractivity contribution is 7.99. The van der Waals surface area contributed by atoms with Crippen molar-refractivity contribution < 1.29 is 23.7 Å². The fraction of sp³-hybridized carbons (Fsp3) is 0.458. The Hall–Kier alpha value is -2.02. The molecule has 30 heavy (non-hydrogen) atoms. The Balaban J connectivity index is 1.63. The Kier molecular flexibility index (Phi) is 7.45. The molecule has 1 aliphatic rings. The van der Waals surface area contributed by atoms with Gasteiger partial charge in [-0.15, -0.1) is 11.8 Å². The number of ether oxygens (including phenoxy) is 4. The summed E-state index contributed by atoms with van der Waals surface area (Å²) in [6, 6.07) is 15.9. The quantitative estimate of drug-likeness (QED) is 0.316. The molecule has 0 saturated carbocycles. The van der Waals surface area contributed by atoms with E-state index in [-0.39, 0.29) is 5.97 Å². The lowest BCUT2D eigenvalue weighted by Crippen LogP contribution is -2.28. The molecule has 2 aromatic carbocycles. The number of benzene rings is 2. The van der Waals surface area contributed by atoms with Crippen LogP contribution in [-0.4, -0.2) is 38.7 Å². The normalized spacial score (nSPS) is 15.7. The van der Waals surface area contributed by atoms with Gasteiger partial charge < -0.3 is 18.9 Å². The van der Waals surface area contributed by atoms with Gasteiger partial charge in [-0.3, -0.25) is 4.79 Å². The highest BCUT2D eigenvalue weighted by Gasteiger charge is 2.40. The van der Waals surface area contributed by atoms with Crippen molar-refractivity contribution in [3.63, 3.8) is 0 Å². The van der Waals surface area contributed by atoms with Crippen LogP contribution in [0.4, 0.5) is 0 Å². The fourth-order valence-corrected chi connectivity index (χ4v) is 3.86. The van der Waals surface area contributed by atoms with Gasteiger partial charge in [-0.05, 0) is 56.7 Å². The molecule has 2 aromatic rings. The van der Waals surface area contributed by atoms with Crippen LogP contribution >= 0.6 is 11.8 Å². The minimum absolute atomic E-state index is 0.141. The molecule has 1 aliphatic heterocycles. The number of methoxy groups -OCH3 is 1. The van der Waals surface area contributed by atoms with Crippen LogP contribution in [0.25, 0.3) is 0 Å². The van der Waals surface area contributed by atoms with Crippen LogP contribution in [0.1, 0.15) is 38.3 Å². The van der Waals surface area contributed by atoms with Crippen LogP contribution in [0.3, 0.4) is 0 Å². The second kappa shape index (κ2) is 9.86. The van der Waals surface area contributed by atoms with Crippen molar-refractivity contribution in [2.75, 3.05) is 32.7 Å². The molecule has 6 heteroatoms. The molecule has 0 radical (unpaired) electrons. The largest absolute Gasteiger partial charge is 0.497 e. The summed E-state index contributed by atoms with van der Waals surface area (Å²) in [5, 5.41) is 0. The van der Waals surface area contributed by atoms with Gasteiger partial charge in [0.1, 0.15) is 12.4 Å². The predicted molar refractivity (Wildman–Crippen MR) is 118 cm³/mol. The highest BCUT2D eigenvalue weighted by Crippen LogP contribution is 2.39. The van der Waals surface area contributed by atoms with Crippen molar-refractivity contribution in [2.45, 2.75) is 37.9 Å². The molecule has 0 aromatic heterocycles. The molecule has 0 unspecified atom stereocenters. The Labute approximate surface area is 183 Å². The number of esters is 1. The van der Waals surface area contributed by atoms with Crippen molar-refractivity contribution in [3.05, 3.63) is 59.7 Å². The Morgan fingerprint density at radius 3 is 2.13 bits per heavy atom. The van der Waals surface area contributed by atoms with Gasteiger partial charge in [0.05, 0.1) is 25.7 Å². The number of rotatable bonds is 9. The van der Waals surface area contributed by atoms with E-state index in [0.717, 1.165) is 28.2 Å². The van der Waals surface area contributed by atoms with E-state index in [2.05, 4.69) is 0 Å². The smallest absolute Gasteiger partial charge is 0.311 e. The number of carbonyl (C=O) groups is 1. The second-order valence-corrected chi connectivity index (χ2v) is 8.96. The zero-order chi connectivity index (χ0) is 21.6. The lowest BCUT2D eigenvalue weighted by molar-refractivity contribution is -0.153. The number of thioether (sulfide) groups is 1. The van der Waals surface area contributed by atoms with E-state index in [1.807, 2.05) is 69.3 Å². The summed E-state index contributed by atoms with van der Waals surface area (Å²) < 4.78 is 22.8. The number of hydrogen-bond donors (Lipinski definition) is 0. The monoisotopic (exact) mass is 430 g/mol. The molecule has 162 valence electrons. The number of carbonyl (C=O) groups excluding carboxylic acids is 1. The minimum atomic E-state index is -0.892. The maximum atomic E-state index is 12.0. The second-order valence-electron chi connectivity index (χ2n) is 7.79. The van der Waals surface area contributed by atoms with Crippen LogP contribution in [0.5, 0.6) is 5.75 Å². The van der Waals surface area contributed by atoms with Gasteiger partial charge in [0.15, 0.2) is 0 Å². The minimum Gasteiger partial charge on any atom is -0.497 e. The molecule has 1 fully saturated rings. The molecule has 3 rings (SSSR count). The van der Waals surface area contributed by atoms with E-state index in [0.29, 0.717) is 25.6 Å². The van der Waals surface area contributed by atoms with Crippen molar-refractivity contribution in [3.8, 4) is 5.75 Å². The summed E-state index contributed by atoms with van der Waals surface area (Å²) in [7, 11) is 1.65. The molecular weight excluding hydrogens is 400 g/mol. The van der Waals surface area contributed by atoms with Crippen molar-refractivity contribution >= 4 is 17.7 Å². The average Bonchev–Trinajstić information content (AvgIpc) is 3.28. The van der Waals surface area contributed by atoms with Crippen molar-refractivity contribution in [2.24, 2.45) is 5.41 Å². The third-order valence-electron chi connectivity index (χ3n) is 5.42. The van der Waals surface area contributed by atoms with Gasteiger partial charge in [-0.2, -0.15) is 0 Å². The maximum Gasteiger partial charge on any atom is 0.311 e. The van der Waals surface area contributed by atoms with Gasteiger partial charge >= 0.3 is 5.97 Å². The van der Waals surface area contributed by atoms with Gasteiger partial charge in [0.2, 0.25) is 5.79 Å². The lowest BCUT2D eigenvalue weighted by atomic mass is 9.91. The molecule has 0 bridgehead atoms. The van der Waals surface area contributed by atoms with Gasteiger partial charge in [0.25, 0.3) is 0 Å². The van der Waals surface area contributed by atoms with E-state index < -0.39 is 11.2 Å². The van der Waals surface area contributed by atoms with Crippen molar-refractivity contribution in [1.82, 2.24) is 0 Å². The fourth-order valence-electron chi connectivity index (χ4n) is 3.13. The van der Waals surface area contributed by atoms with E-state index in [4.69, 9.17) is 18.9 Å². The van der Waals surface area contributed by atoms with Crippen LogP contribution in [-0.2, 0) is 24.8 Å². The SMILES string of the molecule is CCC(C)(C)C(=O)OCCSc1ccc(C2(c3ccc(OC)cc3)OCCO2)cc1. The molecule has 1 heterocycles. The highest BCUT2D eigenvalue weighted by atomic mass is 32.2. The zero-order valence-corrected chi connectivity index (χ0v) is 18.9. The molecule has 0 spiro atoms. The first-order valence-corrected chi connectivity index (χ1v) is 11.2. The maximum absolute atomic E-state index is 12.0. The molecular formula is C24H30O5S. The lowest BCUT2D eigenvalue weighted by Gasteiger charge is -2.28. The summed E-state index contributed by atoms with van der Waals surface area (Å²) in [6.45, 7) is 7.30. The average molecular weight is 431 g/mol. The van der Waals surface area contributed by atoms with Crippen LogP contribution in [0, 0.1) is 5.41 Å². The Bertz CT molecular complexity index is 824. The van der Waals surface area contributed by atoms with Crippen LogP contribution in [0.2, 0.25) is 0 Å². The van der Waals surface area contributed by atoms with Gasteiger partial charge in [0, 0.05) is 21.8 Å². The zero-order valence-electron chi connectivity index (χ0n) is 18.1.